The Bertz CT molecular complexity index is 665. The number of hydrogen-bond donors (Lipinski definition) is 2. The average Bonchev–Trinajstić information content (AvgIpc) is 2.42. The van der Waals surface area contributed by atoms with Gasteiger partial charge < -0.3 is 15.3 Å². The van der Waals surface area contributed by atoms with Gasteiger partial charge in [-0.3, -0.25) is 0 Å². The van der Waals surface area contributed by atoms with Gasteiger partial charge in [-0.25, -0.2) is 9.78 Å². The molecule has 110 valence electrons. The zero-order valence-corrected chi connectivity index (χ0v) is 12.6. The number of hydrogen-bond acceptors (Lipinski definition) is 4. The van der Waals surface area contributed by atoms with Gasteiger partial charge >= 0.3 is 5.97 Å². The van der Waals surface area contributed by atoms with Crippen LogP contribution in [0.25, 0.3) is 0 Å². The van der Waals surface area contributed by atoms with E-state index in [-0.39, 0.29) is 10.8 Å². The van der Waals surface area contributed by atoms with E-state index < -0.39 is 5.97 Å². The quantitative estimate of drug-likeness (QED) is 0.837. The molecule has 1 aliphatic heterocycles. The number of carboxylic acid groups (broad SMARTS) is 1. The number of aromatic carboxylic acids is 1. The lowest BCUT2D eigenvalue weighted by Gasteiger charge is -2.25. The lowest BCUT2D eigenvalue weighted by molar-refractivity contribution is 0.0691. The van der Waals surface area contributed by atoms with Gasteiger partial charge in [0.2, 0.25) is 0 Å². The number of pyridine rings is 1. The number of anilines is 1. The fraction of sp³-hybridized carbons (Fsp3) is 0.200. The molecule has 0 aromatic carbocycles. The van der Waals surface area contributed by atoms with E-state index >= 15 is 0 Å². The van der Waals surface area contributed by atoms with Gasteiger partial charge in [-0.1, -0.05) is 24.3 Å². The summed E-state index contributed by atoms with van der Waals surface area (Å²) in [5.74, 6) is -1.12. The molecule has 0 radical (unpaired) electrons. The van der Waals surface area contributed by atoms with Crippen molar-refractivity contribution in [2.24, 2.45) is 0 Å². The Labute approximate surface area is 128 Å². The van der Waals surface area contributed by atoms with Gasteiger partial charge in [0, 0.05) is 25.5 Å². The maximum absolute atomic E-state index is 11.2. The molecule has 0 bridgehead atoms. The Morgan fingerprint density at radius 3 is 2.90 bits per heavy atom. The summed E-state index contributed by atoms with van der Waals surface area (Å²) in [6, 6.07) is 3.16. The summed E-state index contributed by atoms with van der Waals surface area (Å²) < 4.78 is 0. The van der Waals surface area contributed by atoms with Crippen LogP contribution in [0, 0.1) is 0 Å². The van der Waals surface area contributed by atoms with Crippen LogP contribution in [0.2, 0.25) is 5.15 Å². The topological polar surface area (TPSA) is 65.5 Å². The molecule has 0 fully saturated rings. The van der Waals surface area contributed by atoms with Crippen LogP contribution in [0.4, 0.5) is 5.69 Å². The maximum Gasteiger partial charge on any atom is 0.356 e. The summed E-state index contributed by atoms with van der Waals surface area (Å²) in [5.41, 5.74) is 3.30. The molecular formula is C15H16ClN3O2. The highest BCUT2D eigenvalue weighted by Crippen LogP contribution is 2.23. The number of nitrogens with one attached hydrogen (secondary N) is 1. The molecule has 1 aromatic rings. The van der Waals surface area contributed by atoms with E-state index in [9.17, 15) is 4.79 Å². The smallest absolute Gasteiger partial charge is 0.356 e. The SMILES string of the molecule is C=C1C(CNc2ccc(Cl)nc2C(=O)O)=CC(C)=CN1C. The summed E-state index contributed by atoms with van der Waals surface area (Å²) >= 11 is 5.73. The number of likely N-dealkylation sites (N-methyl/N-ethyl adjacent to an activating group) is 1. The fourth-order valence-electron chi connectivity index (χ4n) is 2.09. The van der Waals surface area contributed by atoms with Crippen LogP contribution in [-0.2, 0) is 0 Å². The number of halogens is 1. The standard InChI is InChI=1S/C15H16ClN3O2/c1-9-6-11(10(2)19(3)8-9)7-17-12-4-5-13(16)18-14(12)15(20)21/h4-6,8,17H,2,7H2,1,3H3,(H,20,21). The highest BCUT2D eigenvalue weighted by molar-refractivity contribution is 6.29. The summed E-state index contributed by atoms with van der Waals surface area (Å²) in [6.45, 7) is 6.47. The molecule has 1 aliphatic rings. The van der Waals surface area contributed by atoms with Gasteiger partial charge in [0.25, 0.3) is 0 Å². The first-order chi connectivity index (χ1) is 9.88. The molecule has 2 rings (SSSR count). The molecule has 0 saturated carbocycles. The molecule has 0 saturated heterocycles. The normalized spacial score (nSPS) is 14.6. The molecule has 2 heterocycles. The number of rotatable bonds is 4. The second-order valence-electron chi connectivity index (χ2n) is 4.79. The van der Waals surface area contributed by atoms with E-state index in [4.69, 9.17) is 16.7 Å². The van der Waals surface area contributed by atoms with Crippen molar-refractivity contribution in [1.82, 2.24) is 9.88 Å². The summed E-state index contributed by atoms with van der Waals surface area (Å²) in [6.07, 6.45) is 4.00. The van der Waals surface area contributed by atoms with E-state index in [1.807, 2.05) is 31.1 Å². The Kier molecular flexibility index (Phi) is 4.33. The second-order valence-corrected chi connectivity index (χ2v) is 5.18. The van der Waals surface area contributed by atoms with Gasteiger partial charge in [-0.2, -0.15) is 0 Å². The Morgan fingerprint density at radius 2 is 2.24 bits per heavy atom. The van der Waals surface area contributed by atoms with E-state index in [0.717, 1.165) is 16.8 Å². The summed E-state index contributed by atoms with van der Waals surface area (Å²) in [4.78, 5) is 16.9. The molecule has 6 heteroatoms. The van der Waals surface area contributed by atoms with Crippen molar-refractivity contribution >= 4 is 23.3 Å². The minimum absolute atomic E-state index is 0.0925. The first-order valence-electron chi connectivity index (χ1n) is 6.33. The van der Waals surface area contributed by atoms with E-state index in [1.54, 1.807) is 12.1 Å². The average molecular weight is 306 g/mol. The minimum Gasteiger partial charge on any atom is -0.476 e. The number of nitrogens with zero attached hydrogens (tertiary/aromatic N) is 2. The van der Waals surface area contributed by atoms with E-state index in [2.05, 4.69) is 16.9 Å². The minimum atomic E-state index is -1.12. The first kappa shape index (κ1) is 15.1. The van der Waals surface area contributed by atoms with Crippen LogP contribution in [0.3, 0.4) is 0 Å². The van der Waals surface area contributed by atoms with Crippen molar-refractivity contribution < 1.29 is 9.90 Å². The van der Waals surface area contributed by atoms with E-state index in [0.29, 0.717) is 12.2 Å². The van der Waals surface area contributed by atoms with Crippen LogP contribution < -0.4 is 5.32 Å². The van der Waals surface area contributed by atoms with Crippen LogP contribution in [0.15, 0.2) is 47.8 Å². The zero-order valence-electron chi connectivity index (χ0n) is 11.9. The molecule has 0 amide bonds. The molecule has 21 heavy (non-hydrogen) atoms. The van der Waals surface area contributed by atoms with Crippen molar-refractivity contribution in [2.45, 2.75) is 6.92 Å². The van der Waals surface area contributed by atoms with Gasteiger partial charge in [0.15, 0.2) is 5.69 Å². The molecule has 0 spiro atoms. The predicted octanol–water partition coefficient (Wildman–Crippen LogP) is 3.13. The van der Waals surface area contributed by atoms with Gasteiger partial charge in [0.05, 0.1) is 5.69 Å². The fourth-order valence-corrected chi connectivity index (χ4v) is 2.24. The lowest BCUT2D eigenvalue weighted by Crippen LogP contribution is -2.20. The summed E-state index contributed by atoms with van der Waals surface area (Å²) in [7, 11) is 1.92. The van der Waals surface area contributed by atoms with Gasteiger partial charge in [-0.05, 0) is 30.2 Å². The van der Waals surface area contributed by atoms with Crippen molar-refractivity contribution in [1.29, 1.82) is 0 Å². The van der Waals surface area contributed by atoms with Crippen molar-refractivity contribution in [2.75, 3.05) is 18.9 Å². The largest absolute Gasteiger partial charge is 0.476 e. The van der Waals surface area contributed by atoms with E-state index in [1.165, 1.54) is 0 Å². The third kappa shape index (κ3) is 3.44. The molecule has 1 aromatic heterocycles. The van der Waals surface area contributed by atoms with Crippen molar-refractivity contribution in [3.63, 3.8) is 0 Å². The Hall–Kier alpha value is -2.27. The van der Waals surface area contributed by atoms with Crippen molar-refractivity contribution in [3.05, 3.63) is 58.7 Å². The molecule has 0 aliphatic carbocycles. The van der Waals surface area contributed by atoms with Gasteiger partial charge in [0.1, 0.15) is 5.15 Å². The monoisotopic (exact) mass is 305 g/mol. The summed E-state index contributed by atoms with van der Waals surface area (Å²) in [5, 5.41) is 12.4. The van der Waals surface area contributed by atoms with Crippen LogP contribution >= 0.6 is 11.6 Å². The molecular weight excluding hydrogens is 290 g/mol. The van der Waals surface area contributed by atoms with Gasteiger partial charge in [-0.15, -0.1) is 0 Å². The third-order valence-corrected chi connectivity index (χ3v) is 3.34. The number of aromatic nitrogens is 1. The van der Waals surface area contributed by atoms with Crippen LogP contribution in [0.1, 0.15) is 17.4 Å². The third-order valence-electron chi connectivity index (χ3n) is 3.13. The molecule has 0 unspecified atom stereocenters. The number of carboxylic acids is 1. The lowest BCUT2D eigenvalue weighted by atomic mass is 10.1. The molecule has 2 N–H and O–H groups in total. The Morgan fingerprint density at radius 1 is 1.52 bits per heavy atom. The Balaban J connectivity index is 2.19. The first-order valence-corrected chi connectivity index (χ1v) is 6.71. The number of allylic oxidation sites excluding steroid dienone is 2. The predicted molar refractivity (Wildman–Crippen MR) is 83.4 cm³/mol. The highest BCUT2D eigenvalue weighted by Gasteiger charge is 2.15. The number of carbonyl (C=O) groups is 1. The zero-order chi connectivity index (χ0) is 15.6. The van der Waals surface area contributed by atoms with Crippen molar-refractivity contribution in [3.8, 4) is 0 Å². The molecule has 0 atom stereocenters. The second kappa shape index (κ2) is 6.01. The van der Waals surface area contributed by atoms with Crippen LogP contribution in [0.5, 0.6) is 0 Å². The highest BCUT2D eigenvalue weighted by atomic mass is 35.5. The maximum atomic E-state index is 11.2. The molecule has 5 nitrogen and oxygen atoms in total. The van der Waals surface area contributed by atoms with Crippen LogP contribution in [-0.4, -0.2) is 34.6 Å².